The number of nitrogens with zero attached hydrogens (tertiary/aromatic N) is 1. The quantitative estimate of drug-likeness (QED) is 0.794. The molecule has 0 aliphatic heterocycles. The number of methoxy groups -OCH3 is 1. The second-order valence-electron chi connectivity index (χ2n) is 3.81. The zero-order valence-electron chi connectivity index (χ0n) is 9.87. The summed E-state index contributed by atoms with van der Waals surface area (Å²) in [5, 5.41) is 0. The molecule has 0 aliphatic rings. The lowest BCUT2D eigenvalue weighted by Crippen LogP contribution is -2.27. The number of hydrogen-bond donors (Lipinski definition) is 1. The molecule has 0 saturated heterocycles. The highest BCUT2D eigenvalue weighted by atomic mass is 19.1. The molecule has 90 valence electrons. The van der Waals surface area contributed by atoms with Crippen molar-refractivity contribution in [3.8, 4) is 5.75 Å². The Labute approximate surface area is 96.0 Å². The van der Waals surface area contributed by atoms with Crippen molar-refractivity contribution in [1.82, 2.24) is 4.90 Å². The van der Waals surface area contributed by atoms with Gasteiger partial charge in [-0.15, -0.1) is 0 Å². The van der Waals surface area contributed by atoms with Crippen LogP contribution in [0.2, 0.25) is 0 Å². The maximum Gasteiger partial charge on any atom is 0.165 e. The fourth-order valence-electron chi connectivity index (χ4n) is 1.52. The number of benzene rings is 1. The minimum Gasteiger partial charge on any atom is -0.494 e. The molecule has 0 radical (unpaired) electrons. The third-order valence-corrected chi connectivity index (χ3v) is 2.51. The molecule has 1 aromatic carbocycles. The van der Waals surface area contributed by atoms with Gasteiger partial charge in [0.15, 0.2) is 11.6 Å². The first-order valence-electron chi connectivity index (χ1n) is 5.38. The fraction of sp³-hybridized carbons (Fsp3) is 0.500. The van der Waals surface area contributed by atoms with Crippen molar-refractivity contribution in [2.24, 2.45) is 5.73 Å². The summed E-state index contributed by atoms with van der Waals surface area (Å²) in [6, 6.07) is 5.07. The van der Waals surface area contributed by atoms with Crippen LogP contribution in [0.25, 0.3) is 0 Å². The average Bonchev–Trinajstić information content (AvgIpc) is 2.27. The molecule has 0 aromatic heterocycles. The van der Waals surface area contributed by atoms with E-state index < -0.39 is 0 Å². The second kappa shape index (κ2) is 6.45. The maximum atomic E-state index is 13.4. The van der Waals surface area contributed by atoms with Gasteiger partial charge >= 0.3 is 0 Å². The number of hydrogen-bond acceptors (Lipinski definition) is 3. The molecule has 0 spiro atoms. The van der Waals surface area contributed by atoms with Crippen LogP contribution >= 0.6 is 0 Å². The molecule has 0 amide bonds. The molecule has 3 nitrogen and oxygen atoms in total. The van der Waals surface area contributed by atoms with E-state index in [0.717, 1.165) is 25.1 Å². The molecule has 0 heterocycles. The molecule has 2 N–H and O–H groups in total. The molecule has 0 bridgehead atoms. The Hall–Kier alpha value is -1.13. The van der Waals surface area contributed by atoms with E-state index in [9.17, 15) is 4.39 Å². The van der Waals surface area contributed by atoms with Gasteiger partial charge in [0.05, 0.1) is 7.11 Å². The normalized spacial score (nSPS) is 10.8. The number of rotatable bonds is 6. The molecule has 0 unspecified atom stereocenters. The smallest absolute Gasteiger partial charge is 0.165 e. The molecule has 0 atom stereocenters. The van der Waals surface area contributed by atoms with Gasteiger partial charge in [0, 0.05) is 19.6 Å². The highest BCUT2D eigenvalue weighted by Gasteiger charge is 2.04. The fourth-order valence-corrected chi connectivity index (χ4v) is 1.52. The van der Waals surface area contributed by atoms with Gasteiger partial charge in [-0.3, -0.25) is 0 Å². The Balaban J connectivity index is 2.51. The van der Waals surface area contributed by atoms with Crippen LogP contribution in [-0.4, -0.2) is 38.7 Å². The van der Waals surface area contributed by atoms with Crippen molar-refractivity contribution < 1.29 is 9.13 Å². The number of halogens is 1. The van der Waals surface area contributed by atoms with Gasteiger partial charge in [-0.2, -0.15) is 0 Å². The van der Waals surface area contributed by atoms with E-state index in [1.807, 2.05) is 13.1 Å². The SMILES string of the molecule is COc1ccc(CCN(C)CCN)cc1F. The van der Waals surface area contributed by atoms with E-state index in [0.29, 0.717) is 12.3 Å². The monoisotopic (exact) mass is 226 g/mol. The highest BCUT2D eigenvalue weighted by molar-refractivity contribution is 5.29. The van der Waals surface area contributed by atoms with Crippen molar-refractivity contribution in [2.45, 2.75) is 6.42 Å². The molecular weight excluding hydrogens is 207 g/mol. The predicted octanol–water partition coefficient (Wildman–Crippen LogP) is 1.27. The molecule has 1 rings (SSSR count). The van der Waals surface area contributed by atoms with E-state index >= 15 is 0 Å². The Morgan fingerprint density at radius 1 is 1.38 bits per heavy atom. The molecular formula is C12H19FN2O. The summed E-state index contributed by atoms with van der Waals surface area (Å²) in [6.45, 7) is 2.38. The Bertz CT molecular complexity index is 331. The molecule has 0 aliphatic carbocycles. The summed E-state index contributed by atoms with van der Waals surface area (Å²) in [4.78, 5) is 2.13. The minimum atomic E-state index is -0.304. The lowest BCUT2D eigenvalue weighted by Gasteiger charge is -2.15. The topological polar surface area (TPSA) is 38.5 Å². The lowest BCUT2D eigenvalue weighted by atomic mass is 10.1. The number of nitrogens with two attached hydrogens (primary N) is 1. The average molecular weight is 226 g/mol. The van der Waals surface area contributed by atoms with Crippen LogP contribution in [0, 0.1) is 5.82 Å². The summed E-state index contributed by atoms with van der Waals surface area (Å²) in [7, 11) is 3.47. The van der Waals surface area contributed by atoms with E-state index in [-0.39, 0.29) is 5.82 Å². The van der Waals surface area contributed by atoms with Crippen LogP contribution in [0.3, 0.4) is 0 Å². The molecule has 16 heavy (non-hydrogen) atoms. The molecule has 1 aromatic rings. The van der Waals surface area contributed by atoms with Crippen LogP contribution in [0.5, 0.6) is 5.75 Å². The summed E-state index contributed by atoms with van der Waals surface area (Å²) in [5.74, 6) is -0.0134. The molecule has 0 fully saturated rings. The standard InChI is InChI=1S/C12H19FN2O/c1-15(8-6-14)7-5-10-3-4-12(16-2)11(13)9-10/h3-4,9H,5-8,14H2,1-2H3. The lowest BCUT2D eigenvalue weighted by molar-refractivity contribution is 0.347. The van der Waals surface area contributed by atoms with Crippen LogP contribution in [0.4, 0.5) is 4.39 Å². The van der Waals surface area contributed by atoms with Gasteiger partial charge in [0.2, 0.25) is 0 Å². The zero-order valence-corrected chi connectivity index (χ0v) is 9.87. The summed E-state index contributed by atoms with van der Waals surface area (Å²) < 4.78 is 18.2. The van der Waals surface area contributed by atoms with Gasteiger partial charge in [-0.1, -0.05) is 6.07 Å². The van der Waals surface area contributed by atoms with E-state index in [4.69, 9.17) is 10.5 Å². The largest absolute Gasteiger partial charge is 0.494 e. The first-order chi connectivity index (χ1) is 7.67. The van der Waals surface area contributed by atoms with Crippen molar-refractivity contribution in [2.75, 3.05) is 33.8 Å². The second-order valence-corrected chi connectivity index (χ2v) is 3.81. The van der Waals surface area contributed by atoms with E-state index in [1.54, 1.807) is 6.07 Å². The maximum absolute atomic E-state index is 13.4. The zero-order chi connectivity index (χ0) is 12.0. The van der Waals surface area contributed by atoms with Crippen molar-refractivity contribution in [3.05, 3.63) is 29.6 Å². The van der Waals surface area contributed by atoms with E-state index in [1.165, 1.54) is 13.2 Å². The van der Waals surface area contributed by atoms with Crippen LogP contribution in [-0.2, 0) is 6.42 Å². The predicted molar refractivity (Wildman–Crippen MR) is 63.2 cm³/mol. The molecule has 4 heteroatoms. The minimum absolute atomic E-state index is 0.291. The van der Waals surface area contributed by atoms with Crippen molar-refractivity contribution >= 4 is 0 Å². The first-order valence-corrected chi connectivity index (χ1v) is 5.38. The van der Waals surface area contributed by atoms with E-state index in [2.05, 4.69) is 4.90 Å². The summed E-state index contributed by atoms with van der Waals surface area (Å²) in [6.07, 6.45) is 0.817. The van der Waals surface area contributed by atoms with Crippen molar-refractivity contribution in [3.63, 3.8) is 0 Å². The number of likely N-dealkylation sites (N-methyl/N-ethyl adjacent to an activating group) is 1. The third-order valence-electron chi connectivity index (χ3n) is 2.51. The van der Waals surface area contributed by atoms with Crippen LogP contribution in [0.15, 0.2) is 18.2 Å². The Morgan fingerprint density at radius 3 is 2.69 bits per heavy atom. The Kier molecular flexibility index (Phi) is 5.22. The Morgan fingerprint density at radius 2 is 2.12 bits per heavy atom. The van der Waals surface area contributed by atoms with Crippen LogP contribution < -0.4 is 10.5 Å². The third kappa shape index (κ3) is 3.79. The van der Waals surface area contributed by atoms with Crippen molar-refractivity contribution in [1.29, 1.82) is 0 Å². The van der Waals surface area contributed by atoms with Gasteiger partial charge in [-0.25, -0.2) is 4.39 Å². The van der Waals surface area contributed by atoms with Gasteiger partial charge in [0.25, 0.3) is 0 Å². The molecule has 0 saturated carbocycles. The van der Waals surface area contributed by atoms with Gasteiger partial charge in [0.1, 0.15) is 0 Å². The highest BCUT2D eigenvalue weighted by Crippen LogP contribution is 2.17. The summed E-state index contributed by atoms with van der Waals surface area (Å²) in [5.41, 5.74) is 6.42. The van der Waals surface area contributed by atoms with Gasteiger partial charge in [-0.05, 0) is 31.2 Å². The number of ether oxygens (including phenoxy) is 1. The van der Waals surface area contributed by atoms with Crippen LogP contribution in [0.1, 0.15) is 5.56 Å². The summed E-state index contributed by atoms with van der Waals surface area (Å²) >= 11 is 0. The van der Waals surface area contributed by atoms with Gasteiger partial charge < -0.3 is 15.4 Å². The first kappa shape index (κ1) is 12.9.